The van der Waals surface area contributed by atoms with Crippen LogP contribution < -0.4 is 0 Å². The van der Waals surface area contributed by atoms with Gasteiger partial charge in [-0.05, 0) is 44.3 Å². The van der Waals surface area contributed by atoms with E-state index in [0.29, 0.717) is 0 Å². The van der Waals surface area contributed by atoms with Crippen LogP contribution in [0.25, 0.3) is 0 Å². The third kappa shape index (κ3) is 7.03. The molecule has 2 heteroatoms. The summed E-state index contributed by atoms with van der Waals surface area (Å²) in [6.07, 6.45) is 6.30. The molecule has 18 heavy (non-hydrogen) atoms. The molecular weight excluding hydrogens is 242 g/mol. The summed E-state index contributed by atoms with van der Waals surface area (Å²) < 4.78 is 0. The largest absolute Gasteiger partial charge is 0.302 e. The molecule has 0 aliphatic carbocycles. The number of alkyl halides is 1. The molecule has 1 rings (SSSR count). The molecule has 0 aliphatic rings. The predicted molar refractivity (Wildman–Crippen MR) is 81.4 cm³/mol. The molecule has 0 saturated carbocycles. The highest BCUT2D eigenvalue weighted by Gasteiger charge is 2.03. The average Bonchev–Trinajstić information content (AvgIpc) is 2.42. The van der Waals surface area contributed by atoms with Gasteiger partial charge in [-0.1, -0.05) is 43.7 Å². The monoisotopic (exact) mass is 267 g/mol. The molecule has 0 aromatic heterocycles. The standard InChI is InChI=1S/C16H26ClN/c1-2-3-13-18(15-12-17)14-8-7-11-16-9-5-4-6-10-16/h4-6,9-10H,2-3,7-8,11-15H2,1H3. The molecule has 0 N–H and O–H groups in total. The van der Waals surface area contributed by atoms with Gasteiger partial charge in [0.1, 0.15) is 0 Å². The first-order chi connectivity index (χ1) is 8.86. The summed E-state index contributed by atoms with van der Waals surface area (Å²) in [5, 5.41) is 0. The quantitative estimate of drug-likeness (QED) is 0.450. The molecule has 0 unspecified atom stereocenters. The van der Waals surface area contributed by atoms with Crippen molar-refractivity contribution in [3.63, 3.8) is 0 Å². The van der Waals surface area contributed by atoms with Crippen molar-refractivity contribution in [3.05, 3.63) is 35.9 Å². The molecule has 0 atom stereocenters. The maximum absolute atomic E-state index is 5.84. The second-order valence-electron chi connectivity index (χ2n) is 4.83. The summed E-state index contributed by atoms with van der Waals surface area (Å²) >= 11 is 5.84. The molecule has 0 fully saturated rings. The fourth-order valence-corrected chi connectivity index (χ4v) is 2.38. The lowest BCUT2D eigenvalue weighted by atomic mass is 10.1. The van der Waals surface area contributed by atoms with Crippen molar-refractivity contribution in [3.8, 4) is 0 Å². The number of nitrogens with zero attached hydrogens (tertiary/aromatic N) is 1. The first-order valence-corrected chi connectivity index (χ1v) is 7.72. The summed E-state index contributed by atoms with van der Waals surface area (Å²) in [6.45, 7) is 5.68. The highest BCUT2D eigenvalue weighted by atomic mass is 35.5. The van der Waals surface area contributed by atoms with E-state index in [1.165, 1.54) is 50.8 Å². The predicted octanol–water partition coefficient (Wildman–Crippen LogP) is 4.35. The molecule has 0 heterocycles. The number of rotatable bonds is 10. The fourth-order valence-electron chi connectivity index (χ4n) is 2.15. The maximum atomic E-state index is 5.84. The first-order valence-electron chi connectivity index (χ1n) is 7.19. The smallest absolute Gasteiger partial charge is 0.0351 e. The number of halogens is 1. The highest BCUT2D eigenvalue weighted by molar-refractivity contribution is 6.18. The molecule has 1 aromatic rings. The average molecular weight is 268 g/mol. The lowest BCUT2D eigenvalue weighted by Gasteiger charge is -2.20. The number of hydrogen-bond donors (Lipinski definition) is 0. The van der Waals surface area contributed by atoms with Crippen LogP contribution in [0.3, 0.4) is 0 Å². The van der Waals surface area contributed by atoms with Crippen molar-refractivity contribution >= 4 is 11.6 Å². The van der Waals surface area contributed by atoms with Crippen LogP contribution in [0.2, 0.25) is 0 Å². The molecule has 0 saturated heterocycles. The Morgan fingerprint density at radius 2 is 1.67 bits per heavy atom. The lowest BCUT2D eigenvalue weighted by Crippen LogP contribution is -2.28. The van der Waals surface area contributed by atoms with Gasteiger partial charge >= 0.3 is 0 Å². The zero-order valence-electron chi connectivity index (χ0n) is 11.6. The van der Waals surface area contributed by atoms with Crippen LogP contribution in [0.15, 0.2) is 30.3 Å². The third-order valence-corrected chi connectivity index (χ3v) is 3.43. The van der Waals surface area contributed by atoms with Gasteiger partial charge in [-0.15, -0.1) is 11.6 Å². The fraction of sp³-hybridized carbons (Fsp3) is 0.625. The van der Waals surface area contributed by atoms with Gasteiger partial charge in [0.05, 0.1) is 0 Å². The van der Waals surface area contributed by atoms with E-state index in [0.717, 1.165) is 12.4 Å². The minimum atomic E-state index is 0.752. The Labute approximate surface area is 117 Å². The summed E-state index contributed by atoms with van der Waals surface area (Å²) in [5.74, 6) is 0.752. The Hall–Kier alpha value is -0.530. The van der Waals surface area contributed by atoms with E-state index >= 15 is 0 Å². The molecular formula is C16H26ClN. The topological polar surface area (TPSA) is 3.24 Å². The van der Waals surface area contributed by atoms with Gasteiger partial charge in [-0.3, -0.25) is 0 Å². The van der Waals surface area contributed by atoms with Crippen LogP contribution >= 0.6 is 11.6 Å². The van der Waals surface area contributed by atoms with Crippen LogP contribution in [-0.4, -0.2) is 30.4 Å². The van der Waals surface area contributed by atoms with Crippen LogP contribution in [0.4, 0.5) is 0 Å². The van der Waals surface area contributed by atoms with Gasteiger partial charge in [-0.2, -0.15) is 0 Å². The molecule has 0 spiro atoms. The summed E-state index contributed by atoms with van der Waals surface area (Å²) in [4.78, 5) is 2.50. The third-order valence-electron chi connectivity index (χ3n) is 3.26. The van der Waals surface area contributed by atoms with Crippen molar-refractivity contribution in [2.24, 2.45) is 0 Å². The van der Waals surface area contributed by atoms with Crippen LogP contribution in [0.5, 0.6) is 0 Å². The van der Waals surface area contributed by atoms with Gasteiger partial charge in [0.25, 0.3) is 0 Å². The normalized spacial score (nSPS) is 11.1. The van der Waals surface area contributed by atoms with Gasteiger partial charge in [-0.25, -0.2) is 0 Å². The Balaban J connectivity index is 2.14. The van der Waals surface area contributed by atoms with E-state index in [-0.39, 0.29) is 0 Å². The number of benzene rings is 1. The van der Waals surface area contributed by atoms with E-state index in [2.05, 4.69) is 42.2 Å². The molecule has 0 radical (unpaired) electrons. The van der Waals surface area contributed by atoms with Crippen molar-refractivity contribution in [1.82, 2.24) is 4.90 Å². The summed E-state index contributed by atoms with van der Waals surface area (Å²) in [6, 6.07) is 10.8. The van der Waals surface area contributed by atoms with E-state index in [9.17, 15) is 0 Å². The lowest BCUT2D eigenvalue weighted by molar-refractivity contribution is 0.279. The maximum Gasteiger partial charge on any atom is 0.0351 e. The molecule has 102 valence electrons. The second-order valence-corrected chi connectivity index (χ2v) is 5.20. The van der Waals surface area contributed by atoms with Crippen molar-refractivity contribution in [2.45, 2.75) is 39.0 Å². The van der Waals surface area contributed by atoms with E-state index in [1.807, 2.05) is 0 Å². The Kier molecular flexibility index (Phi) is 8.97. The molecule has 0 aliphatic heterocycles. The number of aryl methyl sites for hydroxylation is 1. The van der Waals surface area contributed by atoms with E-state index in [4.69, 9.17) is 11.6 Å². The van der Waals surface area contributed by atoms with Gasteiger partial charge in [0.15, 0.2) is 0 Å². The van der Waals surface area contributed by atoms with Gasteiger partial charge in [0, 0.05) is 12.4 Å². The Morgan fingerprint density at radius 1 is 0.944 bits per heavy atom. The van der Waals surface area contributed by atoms with Gasteiger partial charge < -0.3 is 4.90 Å². The molecule has 0 amide bonds. The minimum absolute atomic E-state index is 0.752. The Morgan fingerprint density at radius 3 is 2.33 bits per heavy atom. The van der Waals surface area contributed by atoms with Gasteiger partial charge in [0.2, 0.25) is 0 Å². The summed E-state index contributed by atoms with van der Waals surface area (Å²) in [7, 11) is 0. The van der Waals surface area contributed by atoms with Crippen molar-refractivity contribution < 1.29 is 0 Å². The molecule has 1 nitrogen and oxygen atoms in total. The zero-order chi connectivity index (χ0) is 13.1. The van der Waals surface area contributed by atoms with Crippen molar-refractivity contribution in [1.29, 1.82) is 0 Å². The highest BCUT2D eigenvalue weighted by Crippen LogP contribution is 2.06. The minimum Gasteiger partial charge on any atom is -0.302 e. The van der Waals surface area contributed by atoms with E-state index in [1.54, 1.807) is 0 Å². The second kappa shape index (κ2) is 10.4. The number of hydrogen-bond acceptors (Lipinski definition) is 1. The molecule has 0 bridgehead atoms. The number of unbranched alkanes of at least 4 members (excludes halogenated alkanes) is 2. The summed E-state index contributed by atoms with van der Waals surface area (Å²) in [5.41, 5.74) is 1.45. The SMILES string of the molecule is CCCCN(CCCl)CCCCc1ccccc1. The molecule has 1 aromatic carbocycles. The van der Waals surface area contributed by atoms with Crippen LogP contribution in [0.1, 0.15) is 38.2 Å². The zero-order valence-corrected chi connectivity index (χ0v) is 12.3. The van der Waals surface area contributed by atoms with Crippen molar-refractivity contribution in [2.75, 3.05) is 25.5 Å². The Bertz CT molecular complexity index is 286. The first kappa shape index (κ1) is 15.5. The van der Waals surface area contributed by atoms with Crippen LogP contribution in [-0.2, 0) is 6.42 Å². The van der Waals surface area contributed by atoms with E-state index < -0.39 is 0 Å². The van der Waals surface area contributed by atoms with Crippen LogP contribution in [0, 0.1) is 0 Å².